The van der Waals surface area contributed by atoms with Crippen molar-refractivity contribution in [2.75, 3.05) is 24.9 Å². The van der Waals surface area contributed by atoms with Gasteiger partial charge in [0.2, 0.25) is 5.91 Å². The number of ether oxygens (including phenoxy) is 2. The van der Waals surface area contributed by atoms with Crippen molar-refractivity contribution in [2.24, 2.45) is 0 Å². The summed E-state index contributed by atoms with van der Waals surface area (Å²) in [4.78, 5) is 20.6. The summed E-state index contributed by atoms with van der Waals surface area (Å²) in [6.07, 6.45) is 1.60. The monoisotopic (exact) mass is 440 g/mol. The van der Waals surface area contributed by atoms with Crippen LogP contribution >= 0.6 is 23.1 Å². The molecule has 0 aliphatic carbocycles. The maximum absolute atomic E-state index is 13.2. The second kappa shape index (κ2) is 9.23. The Morgan fingerprint density at radius 3 is 2.53 bits per heavy atom. The fourth-order valence-electron chi connectivity index (χ4n) is 2.95. The standard InChI is InChI=1S/C22H20N2O4S2/c1-26-17-10-11-18(27-2)21-20(17)23-22(30-21)24(13-15-7-6-12-28-15)19(25)14-29-16-8-4-3-5-9-16/h3-12H,13-14H2,1-2H3. The Bertz CT molecular complexity index is 1090. The molecule has 30 heavy (non-hydrogen) atoms. The van der Waals surface area contributed by atoms with Gasteiger partial charge >= 0.3 is 0 Å². The third-order valence-electron chi connectivity index (χ3n) is 4.43. The summed E-state index contributed by atoms with van der Waals surface area (Å²) < 4.78 is 17.3. The minimum atomic E-state index is -0.0581. The number of benzene rings is 2. The van der Waals surface area contributed by atoms with E-state index in [0.29, 0.717) is 34.5 Å². The summed E-state index contributed by atoms with van der Waals surface area (Å²) >= 11 is 2.89. The number of amides is 1. The number of furan rings is 1. The molecule has 0 radical (unpaired) electrons. The number of methoxy groups -OCH3 is 2. The maximum Gasteiger partial charge on any atom is 0.239 e. The molecule has 154 valence electrons. The van der Waals surface area contributed by atoms with Crippen molar-refractivity contribution in [1.29, 1.82) is 0 Å². The largest absolute Gasteiger partial charge is 0.495 e. The highest BCUT2D eigenvalue weighted by Crippen LogP contribution is 2.40. The molecule has 0 saturated carbocycles. The van der Waals surface area contributed by atoms with Crippen molar-refractivity contribution in [1.82, 2.24) is 4.98 Å². The molecule has 0 bridgehead atoms. The van der Waals surface area contributed by atoms with Gasteiger partial charge in [-0.1, -0.05) is 29.5 Å². The quantitative estimate of drug-likeness (QED) is 0.350. The molecule has 0 aliphatic rings. The van der Waals surface area contributed by atoms with Crippen LogP contribution in [0.4, 0.5) is 5.13 Å². The van der Waals surface area contributed by atoms with E-state index in [1.807, 2.05) is 48.5 Å². The molecule has 0 fully saturated rings. The molecule has 2 aromatic heterocycles. The normalized spacial score (nSPS) is 10.9. The summed E-state index contributed by atoms with van der Waals surface area (Å²) in [6.45, 7) is 0.297. The van der Waals surface area contributed by atoms with Gasteiger partial charge in [0, 0.05) is 4.90 Å². The van der Waals surface area contributed by atoms with Gasteiger partial charge in [-0.2, -0.15) is 0 Å². The lowest BCUT2D eigenvalue weighted by Gasteiger charge is -2.18. The average Bonchev–Trinajstić information content (AvgIpc) is 3.45. The average molecular weight is 441 g/mol. The minimum Gasteiger partial charge on any atom is -0.495 e. The number of nitrogens with zero attached hydrogens (tertiary/aromatic N) is 2. The molecule has 0 atom stereocenters. The molecule has 0 spiro atoms. The predicted octanol–water partition coefficient (Wildman–Crippen LogP) is 5.23. The molecule has 4 rings (SSSR count). The van der Waals surface area contributed by atoms with E-state index in [9.17, 15) is 4.79 Å². The minimum absolute atomic E-state index is 0.0581. The van der Waals surface area contributed by atoms with E-state index in [1.54, 1.807) is 31.4 Å². The van der Waals surface area contributed by atoms with Crippen molar-refractivity contribution in [3.8, 4) is 11.5 Å². The number of hydrogen-bond donors (Lipinski definition) is 0. The molecule has 0 N–H and O–H groups in total. The van der Waals surface area contributed by atoms with Crippen LogP contribution in [0.25, 0.3) is 10.2 Å². The van der Waals surface area contributed by atoms with Gasteiger partial charge in [-0.05, 0) is 36.4 Å². The summed E-state index contributed by atoms with van der Waals surface area (Å²) in [5.41, 5.74) is 0.671. The van der Waals surface area contributed by atoms with Crippen LogP contribution in [0.1, 0.15) is 5.76 Å². The predicted molar refractivity (Wildman–Crippen MR) is 120 cm³/mol. The molecular weight excluding hydrogens is 420 g/mol. The zero-order chi connectivity index (χ0) is 20.9. The van der Waals surface area contributed by atoms with Gasteiger partial charge in [-0.25, -0.2) is 4.98 Å². The van der Waals surface area contributed by atoms with Crippen LogP contribution in [0.2, 0.25) is 0 Å². The molecule has 0 saturated heterocycles. The lowest BCUT2D eigenvalue weighted by molar-refractivity contribution is -0.116. The zero-order valence-electron chi connectivity index (χ0n) is 16.5. The molecule has 1 amide bonds. The SMILES string of the molecule is COc1ccc(OC)c2sc(N(Cc3ccco3)C(=O)CSc3ccccc3)nc12. The fourth-order valence-corrected chi connectivity index (χ4v) is 4.84. The number of carbonyl (C=O) groups is 1. The van der Waals surface area contributed by atoms with E-state index in [2.05, 4.69) is 0 Å². The first-order valence-corrected chi connectivity index (χ1v) is 11.0. The van der Waals surface area contributed by atoms with Gasteiger partial charge in [0.05, 0.1) is 32.8 Å². The Morgan fingerprint density at radius 1 is 1.07 bits per heavy atom. The third-order valence-corrected chi connectivity index (χ3v) is 6.52. The van der Waals surface area contributed by atoms with Crippen molar-refractivity contribution in [3.05, 3.63) is 66.6 Å². The highest BCUT2D eigenvalue weighted by atomic mass is 32.2. The lowest BCUT2D eigenvalue weighted by atomic mass is 10.3. The molecule has 2 heterocycles. The van der Waals surface area contributed by atoms with Crippen molar-refractivity contribution in [2.45, 2.75) is 11.4 Å². The third kappa shape index (κ3) is 4.29. The molecule has 6 nitrogen and oxygen atoms in total. The number of rotatable bonds is 8. The summed E-state index contributed by atoms with van der Waals surface area (Å²) in [7, 11) is 3.21. The zero-order valence-corrected chi connectivity index (χ0v) is 18.2. The van der Waals surface area contributed by atoms with Gasteiger partial charge in [-0.15, -0.1) is 11.8 Å². The molecular formula is C22H20N2O4S2. The molecule has 2 aromatic carbocycles. The molecule has 0 unspecified atom stereocenters. The van der Waals surface area contributed by atoms with E-state index in [0.717, 1.165) is 9.60 Å². The van der Waals surface area contributed by atoms with E-state index in [1.165, 1.54) is 23.1 Å². The molecule has 8 heteroatoms. The Balaban J connectivity index is 1.67. The van der Waals surface area contributed by atoms with Gasteiger partial charge in [0.1, 0.15) is 27.5 Å². The molecule has 0 aliphatic heterocycles. The van der Waals surface area contributed by atoms with E-state index in [4.69, 9.17) is 18.9 Å². The van der Waals surface area contributed by atoms with Crippen LogP contribution < -0.4 is 14.4 Å². The van der Waals surface area contributed by atoms with Gasteiger partial charge in [0.25, 0.3) is 0 Å². The van der Waals surface area contributed by atoms with Crippen LogP contribution in [0.15, 0.2) is 70.2 Å². The van der Waals surface area contributed by atoms with Crippen LogP contribution in [0, 0.1) is 0 Å². The smallest absolute Gasteiger partial charge is 0.239 e. The second-order valence-electron chi connectivity index (χ2n) is 6.31. The van der Waals surface area contributed by atoms with Crippen molar-refractivity contribution in [3.63, 3.8) is 0 Å². The Labute approximate surface area is 182 Å². The fraction of sp³-hybridized carbons (Fsp3) is 0.182. The summed E-state index contributed by atoms with van der Waals surface area (Å²) in [5, 5.41) is 0.572. The summed E-state index contributed by atoms with van der Waals surface area (Å²) in [6, 6.07) is 17.2. The van der Waals surface area contributed by atoms with Crippen LogP contribution in [0.5, 0.6) is 11.5 Å². The maximum atomic E-state index is 13.2. The first kappa shape index (κ1) is 20.3. The van der Waals surface area contributed by atoms with Gasteiger partial charge in [0.15, 0.2) is 5.13 Å². The van der Waals surface area contributed by atoms with E-state index < -0.39 is 0 Å². The van der Waals surface area contributed by atoms with Crippen molar-refractivity contribution >= 4 is 44.4 Å². The Hall–Kier alpha value is -2.97. The number of thioether (sulfide) groups is 1. The van der Waals surface area contributed by atoms with Gasteiger partial charge < -0.3 is 13.9 Å². The number of aromatic nitrogens is 1. The number of hydrogen-bond acceptors (Lipinski definition) is 7. The molecule has 4 aromatic rings. The second-order valence-corrected chi connectivity index (χ2v) is 8.33. The van der Waals surface area contributed by atoms with E-state index >= 15 is 0 Å². The Kier molecular flexibility index (Phi) is 6.25. The summed E-state index contributed by atoms with van der Waals surface area (Å²) in [5.74, 6) is 2.24. The van der Waals surface area contributed by atoms with Crippen molar-refractivity contribution < 1.29 is 18.7 Å². The highest BCUT2D eigenvalue weighted by Gasteiger charge is 2.23. The van der Waals surface area contributed by atoms with E-state index in [-0.39, 0.29) is 11.7 Å². The van der Waals surface area contributed by atoms with Crippen LogP contribution in [-0.4, -0.2) is 30.9 Å². The Morgan fingerprint density at radius 2 is 1.83 bits per heavy atom. The van der Waals surface area contributed by atoms with Crippen LogP contribution in [-0.2, 0) is 11.3 Å². The topological polar surface area (TPSA) is 64.8 Å². The number of fused-ring (bicyclic) bond motifs is 1. The first-order chi connectivity index (χ1) is 14.7. The number of thiazole rings is 1. The first-order valence-electron chi connectivity index (χ1n) is 9.21. The van der Waals surface area contributed by atoms with Gasteiger partial charge in [-0.3, -0.25) is 9.69 Å². The highest BCUT2D eigenvalue weighted by molar-refractivity contribution is 8.00. The number of carbonyl (C=O) groups excluding carboxylic acids is 1. The van der Waals surface area contributed by atoms with Crippen LogP contribution in [0.3, 0.4) is 0 Å². The lowest BCUT2D eigenvalue weighted by Crippen LogP contribution is -2.31. The number of anilines is 1.